The van der Waals surface area contributed by atoms with Crippen LogP contribution in [0.1, 0.15) is 24.3 Å². The van der Waals surface area contributed by atoms with Crippen molar-refractivity contribution in [3.8, 4) is 0 Å². The van der Waals surface area contributed by atoms with E-state index in [1.807, 2.05) is 0 Å². The summed E-state index contributed by atoms with van der Waals surface area (Å²) in [7, 11) is 0. The number of carbonyl (C=O) groups excluding carboxylic acids is 2. The number of rotatable bonds is 6. The maximum Gasteiger partial charge on any atom is 0.352 e. The number of ether oxygens (including phenoxy) is 1. The Labute approximate surface area is 131 Å². The summed E-state index contributed by atoms with van der Waals surface area (Å²) in [5, 5.41) is 11.6. The Morgan fingerprint density at radius 2 is 2.13 bits per heavy atom. The molecule has 23 heavy (non-hydrogen) atoms. The summed E-state index contributed by atoms with van der Waals surface area (Å²) < 4.78 is 11.5. The molecule has 9 heteroatoms. The SMILES string of the molecule is C[C@H](N)C(=O)N[C@@H](C)C(=O)OCn1c(C(=O)O)cc2occc21. The summed E-state index contributed by atoms with van der Waals surface area (Å²) in [5.41, 5.74) is 6.19. The molecule has 9 nitrogen and oxygen atoms in total. The minimum absolute atomic E-state index is 0.0700. The highest BCUT2D eigenvalue weighted by Crippen LogP contribution is 2.21. The molecule has 124 valence electrons. The van der Waals surface area contributed by atoms with Gasteiger partial charge in [0.25, 0.3) is 0 Å². The normalized spacial score (nSPS) is 13.5. The van der Waals surface area contributed by atoms with Crippen LogP contribution in [0.15, 0.2) is 22.8 Å². The van der Waals surface area contributed by atoms with Gasteiger partial charge in [0.05, 0.1) is 17.8 Å². The molecule has 2 rings (SSSR count). The lowest BCUT2D eigenvalue weighted by Crippen LogP contribution is -2.46. The van der Waals surface area contributed by atoms with Crippen molar-refractivity contribution < 1.29 is 28.6 Å². The van der Waals surface area contributed by atoms with Gasteiger partial charge in [0.2, 0.25) is 5.91 Å². The number of nitrogens with two attached hydrogens (primary N) is 1. The number of nitrogens with one attached hydrogen (secondary N) is 1. The van der Waals surface area contributed by atoms with Crippen molar-refractivity contribution in [2.24, 2.45) is 5.73 Å². The Balaban J connectivity index is 2.07. The number of hydrogen-bond donors (Lipinski definition) is 3. The van der Waals surface area contributed by atoms with Crippen molar-refractivity contribution >= 4 is 28.9 Å². The molecule has 2 aromatic rings. The third kappa shape index (κ3) is 3.51. The zero-order valence-corrected chi connectivity index (χ0v) is 12.6. The van der Waals surface area contributed by atoms with E-state index in [-0.39, 0.29) is 12.4 Å². The van der Waals surface area contributed by atoms with Crippen LogP contribution in [0.5, 0.6) is 0 Å². The van der Waals surface area contributed by atoms with Crippen LogP contribution in [0.3, 0.4) is 0 Å². The Morgan fingerprint density at radius 1 is 1.43 bits per heavy atom. The van der Waals surface area contributed by atoms with Gasteiger partial charge in [0.1, 0.15) is 11.7 Å². The van der Waals surface area contributed by atoms with Gasteiger partial charge in [-0.3, -0.25) is 9.36 Å². The van der Waals surface area contributed by atoms with Crippen LogP contribution in [-0.2, 0) is 21.1 Å². The maximum absolute atomic E-state index is 11.9. The highest BCUT2D eigenvalue weighted by Gasteiger charge is 2.21. The van der Waals surface area contributed by atoms with Gasteiger partial charge >= 0.3 is 11.9 Å². The fraction of sp³-hybridized carbons (Fsp3) is 0.357. The lowest BCUT2D eigenvalue weighted by atomic mass is 10.3. The summed E-state index contributed by atoms with van der Waals surface area (Å²) in [6, 6.07) is 1.25. The van der Waals surface area contributed by atoms with Gasteiger partial charge in [-0.25, -0.2) is 9.59 Å². The van der Waals surface area contributed by atoms with Gasteiger partial charge in [-0.05, 0) is 13.8 Å². The fourth-order valence-electron chi connectivity index (χ4n) is 1.95. The number of furan rings is 1. The maximum atomic E-state index is 11.9. The quantitative estimate of drug-likeness (QED) is 0.649. The van der Waals surface area contributed by atoms with E-state index in [1.165, 1.54) is 30.7 Å². The number of aromatic carboxylic acids is 1. The molecule has 0 aliphatic carbocycles. The monoisotopic (exact) mass is 323 g/mol. The first-order valence-corrected chi connectivity index (χ1v) is 6.84. The van der Waals surface area contributed by atoms with Crippen LogP contribution in [0, 0.1) is 0 Å². The number of carboxylic acid groups (broad SMARTS) is 1. The number of carboxylic acids is 1. The molecule has 0 saturated heterocycles. The molecule has 0 radical (unpaired) electrons. The number of nitrogens with zero attached hydrogens (tertiary/aromatic N) is 1. The van der Waals surface area contributed by atoms with Gasteiger partial charge in [0.15, 0.2) is 12.3 Å². The number of hydrogen-bond acceptors (Lipinski definition) is 6. The molecule has 0 unspecified atom stereocenters. The lowest BCUT2D eigenvalue weighted by Gasteiger charge is -2.15. The molecular weight excluding hydrogens is 306 g/mol. The third-order valence-corrected chi connectivity index (χ3v) is 3.20. The van der Waals surface area contributed by atoms with E-state index in [0.717, 1.165) is 0 Å². The van der Waals surface area contributed by atoms with Crippen molar-refractivity contribution in [3.05, 3.63) is 24.1 Å². The Kier molecular flexibility index (Phi) is 4.70. The summed E-state index contributed by atoms with van der Waals surface area (Å²) >= 11 is 0. The van der Waals surface area contributed by atoms with E-state index in [9.17, 15) is 14.4 Å². The molecule has 0 aromatic carbocycles. The van der Waals surface area contributed by atoms with E-state index in [0.29, 0.717) is 11.1 Å². The zero-order chi connectivity index (χ0) is 17.1. The predicted octanol–water partition coefficient (Wildman–Crippen LogP) is 0.285. The van der Waals surface area contributed by atoms with Crippen molar-refractivity contribution in [2.45, 2.75) is 32.7 Å². The second-order valence-electron chi connectivity index (χ2n) is 5.04. The number of amides is 1. The molecule has 0 fully saturated rings. The van der Waals surface area contributed by atoms with Crippen molar-refractivity contribution in [1.82, 2.24) is 9.88 Å². The number of fused-ring (bicyclic) bond motifs is 1. The molecule has 2 aromatic heterocycles. The number of esters is 1. The molecule has 0 aliphatic rings. The molecule has 2 heterocycles. The van der Waals surface area contributed by atoms with Crippen LogP contribution in [-0.4, -0.2) is 39.6 Å². The molecule has 0 aliphatic heterocycles. The first kappa shape index (κ1) is 16.6. The van der Waals surface area contributed by atoms with Gasteiger partial charge in [-0.1, -0.05) is 0 Å². The number of aromatic nitrogens is 1. The second-order valence-corrected chi connectivity index (χ2v) is 5.04. The van der Waals surface area contributed by atoms with E-state index >= 15 is 0 Å². The molecule has 4 N–H and O–H groups in total. The van der Waals surface area contributed by atoms with E-state index in [1.54, 1.807) is 6.07 Å². The topological polar surface area (TPSA) is 137 Å². The second kappa shape index (κ2) is 6.53. The van der Waals surface area contributed by atoms with Gasteiger partial charge < -0.3 is 25.3 Å². The van der Waals surface area contributed by atoms with Crippen LogP contribution in [0.4, 0.5) is 0 Å². The van der Waals surface area contributed by atoms with Crippen molar-refractivity contribution in [1.29, 1.82) is 0 Å². The van der Waals surface area contributed by atoms with Crippen LogP contribution in [0.2, 0.25) is 0 Å². The third-order valence-electron chi connectivity index (χ3n) is 3.20. The average Bonchev–Trinajstić information content (AvgIpc) is 3.05. The summed E-state index contributed by atoms with van der Waals surface area (Å²) in [6.45, 7) is 2.62. The fourth-order valence-corrected chi connectivity index (χ4v) is 1.95. The van der Waals surface area contributed by atoms with Crippen LogP contribution in [0.25, 0.3) is 11.1 Å². The molecule has 0 bridgehead atoms. The van der Waals surface area contributed by atoms with E-state index < -0.39 is 29.9 Å². The summed E-state index contributed by atoms with van der Waals surface area (Å²) in [5.74, 6) is -2.37. The first-order chi connectivity index (χ1) is 10.8. The highest BCUT2D eigenvalue weighted by molar-refractivity contribution is 5.92. The first-order valence-electron chi connectivity index (χ1n) is 6.84. The van der Waals surface area contributed by atoms with Crippen molar-refractivity contribution in [2.75, 3.05) is 0 Å². The van der Waals surface area contributed by atoms with Gasteiger partial charge in [-0.15, -0.1) is 0 Å². The Bertz CT molecular complexity index is 745. The van der Waals surface area contributed by atoms with Crippen molar-refractivity contribution in [3.63, 3.8) is 0 Å². The van der Waals surface area contributed by atoms with Gasteiger partial charge in [0, 0.05) is 12.1 Å². The molecule has 0 spiro atoms. The molecule has 1 amide bonds. The zero-order valence-electron chi connectivity index (χ0n) is 12.6. The summed E-state index contributed by atoms with van der Waals surface area (Å²) in [6.07, 6.45) is 1.40. The lowest BCUT2D eigenvalue weighted by molar-refractivity contribution is -0.151. The molecule has 0 saturated carbocycles. The Morgan fingerprint density at radius 3 is 2.74 bits per heavy atom. The van der Waals surface area contributed by atoms with Gasteiger partial charge in [-0.2, -0.15) is 0 Å². The predicted molar refractivity (Wildman–Crippen MR) is 78.5 cm³/mol. The minimum atomic E-state index is -1.18. The summed E-state index contributed by atoms with van der Waals surface area (Å²) in [4.78, 5) is 34.5. The van der Waals surface area contributed by atoms with Crippen LogP contribution >= 0.6 is 0 Å². The Hall–Kier alpha value is -2.81. The average molecular weight is 323 g/mol. The smallest absolute Gasteiger partial charge is 0.352 e. The van der Waals surface area contributed by atoms with Crippen LogP contribution < -0.4 is 11.1 Å². The molecular formula is C14H17N3O6. The standard InChI is InChI=1S/C14H17N3O6/c1-7(15)12(18)16-8(2)14(21)23-6-17-9-3-4-22-11(9)5-10(17)13(19)20/h3-5,7-8H,6,15H2,1-2H3,(H,16,18)(H,19,20)/t7-,8-/m0/s1. The number of carbonyl (C=O) groups is 3. The molecule has 2 atom stereocenters. The van der Waals surface area contributed by atoms with E-state index in [2.05, 4.69) is 5.32 Å². The van der Waals surface area contributed by atoms with E-state index in [4.69, 9.17) is 20.0 Å². The largest absolute Gasteiger partial charge is 0.477 e. The highest BCUT2D eigenvalue weighted by atomic mass is 16.5. The minimum Gasteiger partial charge on any atom is -0.477 e.